The van der Waals surface area contributed by atoms with Crippen LogP contribution < -0.4 is 14.2 Å². The number of methoxy groups -OCH3 is 1. The second-order valence-corrected chi connectivity index (χ2v) is 10.2. The maximum Gasteiger partial charge on any atom is 0.333 e. The minimum Gasteiger partial charge on any atom is -0.486 e. The molecule has 3 unspecified atom stereocenters. The molecule has 0 amide bonds. The number of alkyl halides is 1. The Bertz CT molecular complexity index is 1420. The highest BCUT2D eigenvalue weighted by Gasteiger charge is 2.23. The summed E-state index contributed by atoms with van der Waals surface area (Å²) in [5.41, 5.74) is 3.46. The predicted molar refractivity (Wildman–Crippen MR) is 166 cm³/mol. The lowest BCUT2D eigenvalue weighted by atomic mass is 9.87. The van der Waals surface area contributed by atoms with E-state index in [2.05, 4.69) is 19.7 Å². The summed E-state index contributed by atoms with van der Waals surface area (Å²) >= 11 is 0. The number of hydrogen-bond donors (Lipinski definition) is 0. The van der Waals surface area contributed by atoms with E-state index < -0.39 is 30.3 Å². The Morgan fingerprint density at radius 3 is 1.95 bits per heavy atom. The first-order chi connectivity index (χ1) is 21.0. The Labute approximate surface area is 258 Å². The smallest absolute Gasteiger partial charge is 0.333 e. The van der Waals surface area contributed by atoms with Crippen molar-refractivity contribution >= 4 is 17.5 Å². The Morgan fingerprint density at radius 1 is 0.841 bits per heavy atom. The van der Waals surface area contributed by atoms with Crippen molar-refractivity contribution in [2.75, 3.05) is 33.5 Å². The van der Waals surface area contributed by atoms with Crippen LogP contribution >= 0.6 is 0 Å². The van der Waals surface area contributed by atoms with Crippen molar-refractivity contribution in [1.29, 1.82) is 0 Å². The molecule has 0 N–H and O–H groups in total. The molecule has 0 bridgehead atoms. The van der Waals surface area contributed by atoms with E-state index >= 15 is 4.39 Å². The number of rotatable bonds is 16. The highest BCUT2D eigenvalue weighted by Crippen LogP contribution is 2.37. The number of allylic oxidation sites excluding steroid dienone is 4. The number of carbonyl (C=O) groups excluding carboxylic acids is 2. The Hall–Kier alpha value is -4.63. The largest absolute Gasteiger partial charge is 0.486 e. The molecule has 2 aromatic carbocycles. The number of hydrogen-bond acceptors (Lipinski definition) is 8. The van der Waals surface area contributed by atoms with E-state index in [-0.39, 0.29) is 37.6 Å². The zero-order valence-electron chi connectivity index (χ0n) is 25.6. The first-order valence-corrected chi connectivity index (χ1v) is 14.0. The Morgan fingerprint density at radius 2 is 1.43 bits per heavy atom. The van der Waals surface area contributed by atoms with Gasteiger partial charge in [-0.2, -0.15) is 0 Å². The molecule has 44 heavy (non-hydrogen) atoms. The van der Waals surface area contributed by atoms with Gasteiger partial charge >= 0.3 is 11.9 Å². The molecule has 3 rings (SSSR count). The molecule has 1 aliphatic carbocycles. The second kappa shape index (κ2) is 16.3. The van der Waals surface area contributed by atoms with Crippen molar-refractivity contribution in [1.82, 2.24) is 0 Å². The topological polar surface area (TPSA) is 89.5 Å². The van der Waals surface area contributed by atoms with E-state index in [4.69, 9.17) is 28.4 Å². The molecule has 0 saturated heterocycles. The standard InChI is InChI=1S/C35H39FO8/c1-22(2)33(37)42-18-16-40-31-15-11-27(21-32(31)41-17-19-43-34(38)23(3)4)26-10-14-29(30(36)20-26)25-8-12-28(13-9-25)44-35(39-7)24(5)6/h8-15,20-21,29-30,35H,1,3,5,16-19H2,2,4,6-7H3. The molecule has 2 aromatic rings. The van der Waals surface area contributed by atoms with Gasteiger partial charge in [-0.1, -0.05) is 50.1 Å². The zero-order chi connectivity index (χ0) is 32.2. The summed E-state index contributed by atoms with van der Waals surface area (Å²) in [6.45, 7) is 16.0. The third-order valence-electron chi connectivity index (χ3n) is 6.41. The average Bonchev–Trinajstić information content (AvgIpc) is 3.00. The molecule has 3 atom stereocenters. The molecule has 1 aliphatic rings. The molecule has 0 fully saturated rings. The number of ether oxygens (including phenoxy) is 6. The van der Waals surface area contributed by atoms with Gasteiger partial charge in [0.15, 0.2) is 11.5 Å². The van der Waals surface area contributed by atoms with Crippen molar-refractivity contribution < 1.29 is 42.4 Å². The van der Waals surface area contributed by atoms with Crippen molar-refractivity contribution in [3.05, 3.63) is 108 Å². The molecule has 0 aliphatic heterocycles. The van der Waals surface area contributed by atoms with Gasteiger partial charge in [0.05, 0.1) is 0 Å². The van der Waals surface area contributed by atoms with Gasteiger partial charge in [0.2, 0.25) is 6.29 Å². The van der Waals surface area contributed by atoms with Gasteiger partial charge in [0.25, 0.3) is 0 Å². The van der Waals surface area contributed by atoms with Crippen LogP contribution in [0.4, 0.5) is 4.39 Å². The summed E-state index contributed by atoms with van der Waals surface area (Å²) in [4.78, 5) is 23.3. The van der Waals surface area contributed by atoms with Crippen LogP contribution in [-0.4, -0.2) is 57.9 Å². The minimum absolute atomic E-state index is 0.00836. The summed E-state index contributed by atoms with van der Waals surface area (Å²) in [5.74, 6) is -0.185. The monoisotopic (exact) mass is 606 g/mol. The SMILES string of the molecule is C=C(C)C(=O)OCCOc1ccc(C2=CC(F)C(c3ccc(OC(OC)C(=C)C)cc3)C=C2)cc1OCCOC(=O)C(=C)C. The van der Waals surface area contributed by atoms with Crippen LogP contribution in [0.3, 0.4) is 0 Å². The fourth-order valence-corrected chi connectivity index (χ4v) is 4.11. The van der Waals surface area contributed by atoms with Gasteiger partial charge in [0, 0.05) is 24.2 Å². The molecule has 234 valence electrons. The first kappa shape index (κ1) is 33.9. The van der Waals surface area contributed by atoms with Crippen LogP contribution in [0.2, 0.25) is 0 Å². The number of halogens is 1. The second-order valence-electron chi connectivity index (χ2n) is 10.2. The van der Waals surface area contributed by atoms with Crippen LogP contribution in [0.5, 0.6) is 17.2 Å². The lowest BCUT2D eigenvalue weighted by molar-refractivity contribution is -0.140. The highest BCUT2D eigenvalue weighted by atomic mass is 19.1. The van der Waals surface area contributed by atoms with Gasteiger partial charge in [-0.3, -0.25) is 0 Å². The minimum atomic E-state index is -1.28. The normalized spacial score (nSPS) is 16.2. The van der Waals surface area contributed by atoms with Crippen LogP contribution in [0.1, 0.15) is 37.8 Å². The van der Waals surface area contributed by atoms with Gasteiger partial charge < -0.3 is 28.4 Å². The molecular weight excluding hydrogens is 567 g/mol. The summed E-state index contributed by atoms with van der Waals surface area (Å²) < 4.78 is 48.4. The fraction of sp³-hybridized carbons (Fsp3) is 0.314. The lowest BCUT2D eigenvalue weighted by Gasteiger charge is -2.22. The third-order valence-corrected chi connectivity index (χ3v) is 6.41. The Balaban J connectivity index is 1.72. The predicted octanol–water partition coefficient (Wildman–Crippen LogP) is 6.69. The number of esters is 2. The van der Waals surface area contributed by atoms with E-state index in [1.54, 1.807) is 57.4 Å². The van der Waals surface area contributed by atoms with Crippen LogP contribution in [0.15, 0.2) is 97.1 Å². The maximum atomic E-state index is 15.5. The van der Waals surface area contributed by atoms with Crippen molar-refractivity contribution in [3.63, 3.8) is 0 Å². The van der Waals surface area contributed by atoms with E-state index in [1.807, 2.05) is 31.2 Å². The van der Waals surface area contributed by atoms with Gasteiger partial charge in [-0.05, 0) is 73.4 Å². The Kier molecular flexibility index (Phi) is 12.5. The number of carbonyl (C=O) groups is 2. The van der Waals surface area contributed by atoms with Gasteiger partial charge in [-0.15, -0.1) is 0 Å². The zero-order valence-corrected chi connectivity index (χ0v) is 25.6. The molecule has 0 heterocycles. The number of benzene rings is 2. The van der Waals surface area contributed by atoms with Crippen molar-refractivity contribution in [3.8, 4) is 17.2 Å². The van der Waals surface area contributed by atoms with E-state index in [0.717, 1.165) is 11.1 Å². The first-order valence-electron chi connectivity index (χ1n) is 14.0. The third kappa shape index (κ3) is 9.70. The van der Waals surface area contributed by atoms with Crippen LogP contribution in [-0.2, 0) is 23.8 Å². The lowest BCUT2D eigenvalue weighted by Crippen LogP contribution is -2.19. The summed E-state index contributed by atoms with van der Waals surface area (Å²) in [6, 6.07) is 12.4. The van der Waals surface area contributed by atoms with Crippen molar-refractivity contribution in [2.24, 2.45) is 0 Å². The highest BCUT2D eigenvalue weighted by molar-refractivity contribution is 5.87. The average molecular weight is 607 g/mol. The van der Waals surface area contributed by atoms with Gasteiger partial charge in [-0.25, -0.2) is 14.0 Å². The van der Waals surface area contributed by atoms with Crippen LogP contribution in [0, 0.1) is 0 Å². The maximum absolute atomic E-state index is 15.5. The molecule has 0 aromatic heterocycles. The fourth-order valence-electron chi connectivity index (χ4n) is 4.11. The molecular formula is C35H39FO8. The van der Waals surface area contributed by atoms with E-state index in [9.17, 15) is 9.59 Å². The molecule has 9 heteroatoms. The molecule has 0 saturated carbocycles. The van der Waals surface area contributed by atoms with Crippen LogP contribution in [0.25, 0.3) is 5.57 Å². The summed E-state index contributed by atoms with van der Waals surface area (Å²) in [6.07, 6.45) is 3.39. The summed E-state index contributed by atoms with van der Waals surface area (Å²) in [5, 5.41) is 0. The summed E-state index contributed by atoms with van der Waals surface area (Å²) in [7, 11) is 1.54. The molecule has 0 radical (unpaired) electrons. The molecule has 0 spiro atoms. The van der Waals surface area contributed by atoms with E-state index in [0.29, 0.717) is 28.4 Å². The molecule has 8 nitrogen and oxygen atoms in total. The van der Waals surface area contributed by atoms with Gasteiger partial charge in [0.1, 0.15) is 38.3 Å². The van der Waals surface area contributed by atoms with Crippen molar-refractivity contribution in [2.45, 2.75) is 39.2 Å². The van der Waals surface area contributed by atoms with E-state index in [1.165, 1.54) is 0 Å². The quantitative estimate of drug-likeness (QED) is 0.0687.